The molecule has 0 unspecified atom stereocenters. The number of carbonyl (C=O) groups is 4. The van der Waals surface area contributed by atoms with Gasteiger partial charge in [-0.2, -0.15) is 8.42 Å². The first kappa shape index (κ1) is 44.9. The van der Waals surface area contributed by atoms with E-state index < -0.39 is 57.5 Å². The summed E-state index contributed by atoms with van der Waals surface area (Å²) in [6.45, 7) is -0.749. The lowest BCUT2D eigenvalue weighted by molar-refractivity contribution is 0.0523. The SMILES string of the molecule is O=C(Nc1cc(NC(=O)c2cc(I)cc(I)c2I)c(C(=O)OCCS(=O)(=O)O)c(OC(=O)c2cc(I)cc(I)c2I)c1)c1cc(I)cc(I)c1I. The van der Waals surface area contributed by atoms with Gasteiger partial charge in [0.25, 0.3) is 21.9 Å². The first-order chi connectivity index (χ1) is 23.7. The fourth-order valence-corrected chi connectivity index (χ4v) is 11.6. The van der Waals surface area contributed by atoms with Crippen molar-refractivity contribution in [2.24, 2.45) is 0 Å². The molecular weight excluding hydrogens is 1710 g/mol. The minimum atomic E-state index is -4.50. The highest BCUT2D eigenvalue weighted by atomic mass is 127. The van der Waals surface area contributed by atoms with Crippen molar-refractivity contribution in [2.45, 2.75) is 0 Å². The molecule has 0 radical (unpaired) electrons. The van der Waals surface area contributed by atoms with E-state index in [4.69, 9.17) is 9.47 Å². The molecule has 0 saturated carbocycles. The number of hydrogen-bond acceptors (Lipinski definition) is 8. The number of carbonyl (C=O) groups excluding carboxylic acids is 4. The standard InChI is InChI=1S/C30H15I9N2O9S/c31-11-3-15(24(37)18(34)6-11)27(42)40-14-9-21(41-28(43)16-4-12(32)7-19(35)25(16)38)23(30(45)49-1-2-51(46,47)48)22(10-14)50-29(44)17-5-13(33)8-20(36)26(17)39/h3-10H,1-2H2,(H,40,42)(H,41,43)(H,46,47,48). The van der Waals surface area contributed by atoms with Crippen LogP contribution < -0.4 is 15.4 Å². The summed E-state index contributed by atoms with van der Waals surface area (Å²) in [5.74, 6) is -4.48. The maximum Gasteiger partial charge on any atom is 0.344 e. The fourth-order valence-electron chi connectivity index (χ4n) is 4.08. The van der Waals surface area contributed by atoms with Crippen molar-refractivity contribution < 1.29 is 41.6 Å². The van der Waals surface area contributed by atoms with Gasteiger partial charge in [-0.05, 0) is 246 Å². The number of nitrogens with one attached hydrogen (secondary N) is 2. The van der Waals surface area contributed by atoms with Gasteiger partial charge >= 0.3 is 11.9 Å². The molecule has 0 aromatic heterocycles. The van der Waals surface area contributed by atoms with Gasteiger partial charge in [-0.3, -0.25) is 14.1 Å². The van der Waals surface area contributed by atoms with Crippen molar-refractivity contribution in [3.63, 3.8) is 0 Å². The predicted molar refractivity (Wildman–Crippen MR) is 268 cm³/mol. The van der Waals surface area contributed by atoms with Crippen LogP contribution in [0.1, 0.15) is 41.4 Å². The molecule has 4 rings (SSSR count). The molecule has 0 spiro atoms. The van der Waals surface area contributed by atoms with Crippen LogP contribution in [0.2, 0.25) is 0 Å². The van der Waals surface area contributed by atoms with Crippen LogP contribution in [-0.2, 0) is 14.9 Å². The number of halogens is 9. The molecule has 11 nitrogen and oxygen atoms in total. The summed E-state index contributed by atoms with van der Waals surface area (Å²) >= 11 is 18.6. The van der Waals surface area contributed by atoms with Crippen LogP contribution in [0.25, 0.3) is 0 Å². The molecule has 51 heavy (non-hydrogen) atoms. The zero-order valence-electron chi connectivity index (χ0n) is 24.6. The van der Waals surface area contributed by atoms with Crippen LogP contribution in [0.3, 0.4) is 0 Å². The number of hydrogen-bond donors (Lipinski definition) is 3. The van der Waals surface area contributed by atoms with Crippen LogP contribution in [0.4, 0.5) is 11.4 Å². The van der Waals surface area contributed by atoms with Crippen LogP contribution in [-0.4, -0.2) is 49.1 Å². The highest BCUT2D eigenvalue weighted by Crippen LogP contribution is 2.36. The van der Waals surface area contributed by atoms with Gasteiger partial charge in [0.2, 0.25) is 0 Å². The highest BCUT2D eigenvalue weighted by Gasteiger charge is 2.28. The van der Waals surface area contributed by atoms with Gasteiger partial charge in [-0.1, -0.05) is 0 Å². The Kier molecular flexibility index (Phi) is 17.3. The van der Waals surface area contributed by atoms with Crippen molar-refractivity contribution in [1.82, 2.24) is 0 Å². The predicted octanol–water partition coefficient (Wildman–Crippen LogP) is 9.90. The molecule has 268 valence electrons. The lowest BCUT2D eigenvalue weighted by Gasteiger charge is -2.18. The van der Waals surface area contributed by atoms with Crippen LogP contribution in [0.15, 0.2) is 48.5 Å². The van der Waals surface area contributed by atoms with E-state index in [2.05, 4.69) is 169 Å². The Morgan fingerprint density at radius 3 is 1.55 bits per heavy atom. The Hall–Kier alpha value is 1.24. The molecule has 2 amide bonds. The lowest BCUT2D eigenvalue weighted by atomic mass is 10.1. The minimum Gasteiger partial charge on any atom is -0.461 e. The van der Waals surface area contributed by atoms with Crippen molar-refractivity contribution in [1.29, 1.82) is 0 Å². The maximum absolute atomic E-state index is 13.8. The Labute approximate surface area is 414 Å². The molecule has 0 bridgehead atoms. The Balaban J connectivity index is 1.92. The van der Waals surface area contributed by atoms with E-state index >= 15 is 0 Å². The topological polar surface area (TPSA) is 165 Å². The van der Waals surface area contributed by atoms with E-state index in [9.17, 15) is 32.1 Å². The second-order valence-corrected chi connectivity index (χ2v) is 21.9. The fraction of sp³-hybridized carbons (Fsp3) is 0.0667. The maximum atomic E-state index is 13.8. The van der Waals surface area contributed by atoms with E-state index in [1.54, 1.807) is 18.2 Å². The van der Waals surface area contributed by atoms with Crippen molar-refractivity contribution in [2.75, 3.05) is 23.0 Å². The minimum absolute atomic E-state index is 0.0519. The molecule has 0 aliphatic heterocycles. The van der Waals surface area contributed by atoms with Gasteiger partial charge in [-0.25, -0.2) is 9.59 Å². The third kappa shape index (κ3) is 12.4. The smallest absolute Gasteiger partial charge is 0.344 e. The number of benzene rings is 4. The Morgan fingerprint density at radius 1 is 0.608 bits per heavy atom. The average Bonchev–Trinajstić information content (AvgIpc) is 3.01. The molecule has 4 aromatic rings. The number of amides is 2. The van der Waals surface area contributed by atoms with Gasteiger partial charge in [0.15, 0.2) is 0 Å². The molecule has 0 atom stereocenters. The second-order valence-electron chi connectivity index (χ2n) is 9.86. The molecular formula is C30H15I9N2O9S. The van der Waals surface area contributed by atoms with E-state index in [0.29, 0.717) is 16.3 Å². The number of anilines is 2. The van der Waals surface area contributed by atoms with E-state index in [0.717, 1.165) is 21.4 Å². The van der Waals surface area contributed by atoms with Crippen LogP contribution in [0.5, 0.6) is 5.75 Å². The van der Waals surface area contributed by atoms with Crippen LogP contribution >= 0.6 is 203 Å². The first-order valence-electron chi connectivity index (χ1n) is 13.3. The molecule has 0 heterocycles. The average molecular weight is 1720 g/mol. The first-order valence-corrected chi connectivity index (χ1v) is 24.7. The lowest BCUT2D eigenvalue weighted by Crippen LogP contribution is -2.22. The monoisotopic (exact) mass is 1720 g/mol. The molecule has 3 N–H and O–H groups in total. The molecule has 0 fully saturated rings. The second kappa shape index (κ2) is 19.6. The summed E-state index contributed by atoms with van der Waals surface area (Å²) in [6, 6.07) is 13.2. The largest absolute Gasteiger partial charge is 0.461 e. The van der Waals surface area contributed by atoms with Crippen molar-refractivity contribution in [3.8, 4) is 5.75 Å². The van der Waals surface area contributed by atoms with Crippen molar-refractivity contribution in [3.05, 3.63) is 103 Å². The summed E-state index contributed by atoms with van der Waals surface area (Å²) < 4.78 is 49.7. The summed E-state index contributed by atoms with van der Waals surface area (Å²) in [6.07, 6.45) is 0. The molecule has 0 aliphatic rings. The number of esters is 2. The third-order valence-electron chi connectivity index (χ3n) is 6.28. The van der Waals surface area contributed by atoms with Gasteiger partial charge < -0.3 is 20.1 Å². The number of rotatable bonds is 10. The summed E-state index contributed by atoms with van der Waals surface area (Å²) in [7, 11) is -4.50. The highest BCUT2D eigenvalue weighted by molar-refractivity contribution is 14.1. The van der Waals surface area contributed by atoms with Gasteiger partial charge in [0.1, 0.15) is 23.7 Å². The van der Waals surface area contributed by atoms with Crippen molar-refractivity contribution >= 4 is 249 Å². The zero-order chi connectivity index (χ0) is 37.9. The van der Waals surface area contributed by atoms with Gasteiger partial charge in [-0.15, -0.1) is 0 Å². The van der Waals surface area contributed by atoms with Gasteiger partial charge in [0.05, 0.1) is 22.4 Å². The van der Waals surface area contributed by atoms with E-state index in [1.807, 2.05) is 63.4 Å². The third-order valence-corrected chi connectivity index (χ3v) is 18.0. The summed E-state index contributed by atoms with van der Waals surface area (Å²) in [4.78, 5) is 54.9. The molecule has 4 aromatic carbocycles. The quantitative estimate of drug-likeness (QED) is 0.0461. The Bertz CT molecular complexity index is 2140. The van der Waals surface area contributed by atoms with E-state index in [1.165, 1.54) is 12.1 Å². The zero-order valence-corrected chi connectivity index (χ0v) is 44.8. The normalized spacial score (nSPS) is 11.2. The van der Waals surface area contributed by atoms with E-state index in [-0.39, 0.29) is 22.5 Å². The van der Waals surface area contributed by atoms with Gasteiger partial charge in [0, 0.05) is 43.9 Å². The molecule has 21 heteroatoms. The van der Waals surface area contributed by atoms with Crippen LogP contribution in [0, 0.1) is 32.1 Å². The molecule has 0 saturated heterocycles. The summed E-state index contributed by atoms with van der Waals surface area (Å²) in [5.41, 5.74) is 0.224. The number of ether oxygens (including phenoxy) is 2. The molecule has 0 aliphatic carbocycles. The Morgan fingerprint density at radius 2 is 1.06 bits per heavy atom. The summed E-state index contributed by atoms with van der Waals surface area (Å²) in [5, 5.41) is 5.49.